The second kappa shape index (κ2) is 7.99. The SMILES string of the molecule is CCCNC(Cc1cccc(C)c1)Cc1ccccc1C. The van der Waals surface area contributed by atoms with E-state index in [1.807, 2.05) is 0 Å². The van der Waals surface area contributed by atoms with E-state index in [-0.39, 0.29) is 0 Å². The Hall–Kier alpha value is -1.60. The molecular formula is C20H27N. The van der Waals surface area contributed by atoms with Crippen molar-refractivity contribution in [1.29, 1.82) is 0 Å². The Bertz CT molecular complexity index is 559. The topological polar surface area (TPSA) is 12.0 Å². The van der Waals surface area contributed by atoms with Crippen molar-refractivity contribution >= 4 is 0 Å². The third-order valence-electron chi connectivity index (χ3n) is 3.98. The molecule has 0 aliphatic rings. The van der Waals surface area contributed by atoms with E-state index in [2.05, 4.69) is 74.6 Å². The molecular weight excluding hydrogens is 254 g/mol. The molecule has 1 atom stereocenters. The van der Waals surface area contributed by atoms with Crippen molar-refractivity contribution < 1.29 is 0 Å². The summed E-state index contributed by atoms with van der Waals surface area (Å²) >= 11 is 0. The van der Waals surface area contributed by atoms with Crippen LogP contribution in [0, 0.1) is 13.8 Å². The second-order valence-corrected chi connectivity index (χ2v) is 5.97. The van der Waals surface area contributed by atoms with Gasteiger partial charge in [-0.25, -0.2) is 0 Å². The normalized spacial score (nSPS) is 12.3. The van der Waals surface area contributed by atoms with Gasteiger partial charge in [-0.1, -0.05) is 61.0 Å². The van der Waals surface area contributed by atoms with Crippen LogP contribution in [0.4, 0.5) is 0 Å². The Morgan fingerprint density at radius 1 is 0.952 bits per heavy atom. The monoisotopic (exact) mass is 281 g/mol. The molecule has 2 aromatic rings. The third kappa shape index (κ3) is 5.02. The molecule has 0 aromatic heterocycles. The molecule has 21 heavy (non-hydrogen) atoms. The lowest BCUT2D eigenvalue weighted by molar-refractivity contribution is 0.504. The summed E-state index contributed by atoms with van der Waals surface area (Å²) in [7, 11) is 0. The molecule has 2 rings (SSSR count). The Morgan fingerprint density at radius 2 is 1.76 bits per heavy atom. The predicted octanol–water partition coefficient (Wildman–Crippen LogP) is 4.46. The fourth-order valence-electron chi connectivity index (χ4n) is 2.79. The summed E-state index contributed by atoms with van der Waals surface area (Å²) in [5, 5.41) is 3.71. The Morgan fingerprint density at radius 3 is 2.48 bits per heavy atom. The van der Waals surface area contributed by atoms with Crippen molar-refractivity contribution in [3.8, 4) is 0 Å². The summed E-state index contributed by atoms with van der Waals surface area (Å²) in [6.45, 7) is 7.69. The van der Waals surface area contributed by atoms with Gasteiger partial charge in [-0.3, -0.25) is 0 Å². The van der Waals surface area contributed by atoms with Crippen LogP contribution < -0.4 is 5.32 Å². The molecule has 0 fully saturated rings. The molecule has 2 aromatic carbocycles. The summed E-state index contributed by atoms with van der Waals surface area (Å²) in [5.41, 5.74) is 5.62. The second-order valence-electron chi connectivity index (χ2n) is 5.97. The van der Waals surface area contributed by atoms with Crippen molar-refractivity contribution in [2.45, 2.75) is 46.1 Å². The lowest BCUT2D eigenvalue weighted by Crippen LogP contribution is -2.34. The van der Waals surface area contributed by atoms with Crippen LogP contribution in [-0.2, 0) is 12.8 Å². The highest BCUT2D eigenvalue weighted by molar-refractivity contribution is 5.28. The van der Waals surface area contributed by atoms with E-state index in [1.54, 1.807) is 0 Å². The molecule has 0 heterocycles. The van der Waals surface area contributed by atoms with Gasteiger partial charge in [0.1, 0.15) is 0 Å². The van der Waals surface area contributed by atoms with Gasteiger partial charge in [0.05, 0.1) is 0 Å². The lowest BCUT2D eigenvalue weighted by atomic mass is 9.95. The number of rotatable bonds is 7. The number of benzene rings is 2. The van der Waals surface area contributed by atoms with Crippen molar-refractivity contribution in [2.24, 2.45) is 0 Å². The highest BCUT2D eigenvalue weighted by Gasteiger charge is 2.11. The number of nitrogens with one attached hydrogen (secondary N) is 1. The van der Waals surface area contributed by atoms with Crippen LogP contribution in [0.1, 0.15) is 35.6 Å². The quantitative estimate of drug-likeness (QED) is 0.790. The molecule has 1 heteroatoms. The van der Waals surface area contributed by atoms with Crippen molar-refractivity contribution in [2.75, 3.05) is 6.54 Å². The van der Waals surface area contributed by atoms with Gasteiger partial charge in [0.15, 0.2) is 0 Å². The molecule has 1 unspecified atom stereocenters. The molecule has 0 saturated heterocycles. The maximum atomic E-state index is 3.71. The number of aryl methyl sites for hydroxylation is 2. The Labute approximate surface area is 129 Å². The van der Waals surface area contributed by atoms with E-state index in [0.29, 0.717) is 6.04 Å². The standard InChI is InChI=1S/C20H27N/c1-4-12-21-20(14-18-10-7-8-16(2)13-18)15-19-11-6-5-9-17(19)3/h5-11,13,20-21H,4,12,14-15H2,1-3H3. The predicted molar refractivity (Wildman–Crippen MR) is 91.8 cm³/mol. The Kier molecular flexibility index (Phi) is 6.01. The average molecular weight is 281 g/mol. The fraction of sp³-hybridized carbons (Fsp3) is 0.400. The molecule has 0 aliphatic carbocycles. The van der Waals surface area contributed by atoms with Crippen LogP contribution in [0.2, 0.25) is 0 Å². The summed E-state index contributed by atoms with van der Waals surface area (Å²) < 4.78 is 0. The molecule has 0 radical (unpaired) electrons. The molecule has 1 nitrogen and oxygen atoms in total. The largest absolute Gasteiger partial charge is 0.313 e. The van der Waals surface area contributed by atoms with E-state index >= 15 is 0 Å². The highest BCUT2D eigenvalue weighted by atomic mass is 14.9. The zero-order valence-corrected chi connectivity index (χ0v) is 13.5. The van der Waals surface area contributed by atoms with Crippen LogP contribution in [-0.4, -0.2) is 12.6 Å². The van der Waals surface area contributed by atoms with E-state index in [9.17, 15) is 0 Å². The van der Waals surface area contributed by atoms with Gasteiger partial charge in [-0.2, -0.15) is 0 Å². The fourth-order valence-corrected chi connectivity index (χ4v) is 2.79. The average Bonchev–Trinajstić information content (AvgIpc) is 2.47. The van der Waals surface area contributed by atoms with Gasteiger partial charge in [-0.15, -0.1) is 0 Å². The minimum atomic E-state index is 0.507. The Balaban J connectivity index is 2.09. The summed E-state index contributed by atoms with van der Waals surface area (Å²) in [5.74, 6) is 0. The van der Waals surface area contributed by atoms with E-state index in [0.717, 1.165) is 19.4 Å². The van der Waals surface area contributed by atoms with Gasteiger partial charge in [0.2, 0.25) is 0 Å². The number of hydrogen-bond acceptors (Lipinski definition) is 1. The molecule has 0 bridgehead atoms. The van der Waals surface area contributed by atoms with Crippen molar-refractivity contribution in [3.63, 3.8) is 0 Å². The minimum absolute atomic E-state index is 0.507. The molecule has 0 spiro atoms. The van der Waals surface area contributed by atoms with Gasteiger partial charge in [-0.05, 0) is 56.3 Å². The zero-order valence-electron chi connectivity index (χ0n) is 13.5. The maximum Gasteiger partial charge on any atom is 0.0148 e. The molecule has 112 valence electrons. The van der Waals surface area contributed by atoms with Crippen LogP contribution in [0.5, 0.6) is 0 Å². The minimum Gasteiger partial charge on any atom is -0.313 e. The van der Waals surface area contributed by atoms with Crippen LogP contribution in [0.3, 0.4) is 0 Å². The summed E-state index contributed by atoms with van der Waals surface area (Å²) in [6.07, 6.45) is 3.37. The first-order chi connectivity index (χ1) is 10.2. The lowest BCUT2D eigenvalue weighted by Gasteiger charge is -2.20. The van der Waals surface area contributed by atoms with E-state index in [1.165, 1.54) is 28.7 Å². The first-order valence-corrected chi connectivity index (χ1v) is 8.02. The molecule has 0 saturated carbocycles. The molecule has 0 aliphatic heterocycles. The van der Waals surface area contributed by atoms with E-state index in [4.69, 9.17) is 0 Å². The van der Waals surface area contributed by atoms with Gasteiger partial charge >= 0.3 is 0 Å². The first-order valence-electron chi connectivity index (χ1n) is 8.02. The maximum absolute atomic E-state index is 3.71. The van der Waals surface area contributed by atoms with E-state index < -0.39 is 0 Å². The first kappa shape index (κ1) is 15.8. The van der Waals surface area contributed by atoms with Gasteiger partial charge < -0.3 is 5.32 Å². The highest BCUT2D eigenvalue weighted by Crippen LogP contribution is 2.14. The van der Waals surface area contributed by atoms with Gasteiger partial charge in [0.25, 0.3) is 0 Å². The number of hydrogen-bond donors (Lipinski definition) is 1. The summed E-state index contributed by atoms with van der Waals surface area (Å²) in [6, 6.07) is 18.1. The van der Waals surface area contributed by atoms with Crippen molar-refractivity contribution in [1.82, 2.24) is 5.32 Å². The molecule has 0 amide bonds. The van der Waals surface area contributed by atoms with Crippen LogP contribution in [0.15, 0.2) is 48.5 Å². The smallest absolute Gasteiger partial charge is 0.0148 e. The molecule has 1 N–H and O–H groups in total. The van der Waals surface area contributed by atoms with Crippen LogP contribution >= 0.6 is 0 Å². The van der Waals surface area contributed by atoms with Crippen LogP contribution in [0.25, 0.3) is 0 Å². The van der Waals surface area contributed by atoms with Crippen molar-refractivity contribution in [3.05, 3.63) is 70.8 Å². The third-order valence-corrected chi connectivity index (χ3v) is 3.98. The van der Waals surface area contributed by atoms with Gasteiger partial charge in [0, 0.05) is 6.04 Å². The zero-order chi connectivity index (χ0) is 15.1. The summed E-state index contributed by atoms with van der Waals surface area (Å²) in [4.78, 5) is 0.